The number of carbonyl (C=O) groups is 1. The third kappa shape index (κ3) is 7.11. The van der Waals surface area contributed by atoms with Crippen LogP contribution in [0.3, 0.4) is 0 Å². The number of rotatable bonds is 7. The van der Waals surface area contributed by atoms with Gasteiger partial charge in [0.05, 0.1) is 5.92 Å². The largest absolute Gasteiger partial charge is 0.481 e. The summed E-state index contributed by atoms with van der Waals surface area (Å²) in [5.74, 6) is 0.578. The number of aliphatic carboxylic acids is 1. The van der Waals surface area contributed by atoms with Crippen LogP contribution in [0, 0.1) is 17.8 Å². The molecule has 1 fully saturated rings. The molecule has 1 rings (SSSR count). The lowest BCUT2D eigenvalue weighted by Gasteiger charge is -2.26. The lowest BCUT2D eigenvalue weighted by atomic mass is 9.79. The average molecular weight is 304 g/mol. The zero-order valence-corrected chi connectivity index (χ0v) is 14.6. The minimum atomic E-state index is -0.623. The van der Waals surface area contributed by atoms with Crippen LogP contribution in [0.15, 0.2) is 35.5 Å². The van der Waals surface area contributed by atoms with Crippen LogP contribution < -0.4 is 0 Å². The smallest absolute Gasteiger partial charge is 0.306 e. The standard InChI is InChI=1S/C20H32O2/c1-15(2)7-5-8-16(3)9-6-10-17(4)18-11-13-19(14-12-18)20(21)22/h6,8-10,15,18-19H,5,7,11-14H2,1-4H3,(H,21,22). The summed E-state index contributed by atoms with van der Waals surface area (Å²) >= 11 is 0. The molecule has 0 heterocycles. The van der Waals surface area contributed by atoms with E-state index in [0.29, 0.717) is 5.92 Å². The van der Waals surface area contributed by atoms with E-state index in [-0.39, 0.29) is 5.92 Å². The normalized spacial score (nSPS) is 24.2. The van der Waals surface area contributed by atoms with Gasteiger partial charge in [0.2, 0.25) is 0 Å². The summed E-state index contributed by atoms with van der Waals surface area (Å²) in [5.41, 5.74) is 2.70. The summed E-state index contributed by atoms with van der Waals surface area (Å²) in [4.78, 5) is 11.0. The Balaban J connectivity index is 2.42. The van der Waals surface area contributed by atoms with Gasteiger partial charge in [-0.1, -0.05) is 49.3 Å². The van der Waals surface area contributed by atoms with Crippen molar-refractivity contribution in [3.63, 3.8) is 0 Å². The zero-order valence-electron chi connectivity index (χ0n) is 14.6. The van der Waals surface area contributed by atoms with Gasteiger partial charge >= 0.3 is 5.97 Å². The Hall–Kier alpha value is -1.31. The van der Waals surface area contributed by atoms with Crippen LogP contribution in [-0.4, -0.2) is 11.1 Å². The number of hydrogen-bond acceptors (Lipinski definition) is 1. The Morgan fingerprint density at radius 1 is 1.14 bits per heavy atom. The Labute approximate surface area is 136 Å². The van der Waals surface area contributed by atoms with E-state index in [2.05, 4.69) is 52.0 Å². The maximum Gasteiger partial charge on any atom is 0.306 e. The van der Waals surface area contributed by atoms with E-state index in [1.807, 2.05) is 0 Å². The lowest BCUT2D eigenvalue weighted by Crippen LogP contribution is -2.21. The molecule has 22 heavy (non-hydrogen) atoms. The summed E-state index contributed by atoms with van der Waals surface area (Å²) in [7, 11) is 0. The molecule has 0 atom stereocenters. The Bertz CT molecular complexity index is 433. The zero-order chi connectivity index (χ0) is 16.5. The van der Waals surface area contributed by atoms with Crippen LogP contribution in [-0.2, 0) is 4.79 Å². The SMILES string of the molecule is CC(C=CC=C(C)C1CCC(C(=O)O)CC1)=CCCC(C)C. The van der Waals surface area contributed by atoms with E-state index in [4.69, 9.17) is 5.11 Å². The molecule has 0 aromatic carbocycles. The van der Waals surface area contributed by atoms with Gasteiger partial charge in [-0.05, 0) is 64.2 Å². The van der Waals surface area contributed by atoms with Gasteiger partial charge < -0.3 is 5.11 Å². The van der Waals surface area contributed by atoms with Crippen molar-refractivity contribution < 1.29 is 9.90 Å². The highest BCUT2D eigenvalue weighted by Gasteiger charge is 2.26. The van der Waals surface area contributed by atoms with Crippen LogP contribution in [0.25, 0.3) is 0 Å². The molecule has 0 radical (unpaired) electrons. The predicted molar refractivity (Wildman–Crippen MR) is 93.8 cm³/mol. The molecular formula is C20H32O2. The van der Waals surface area contributed by atoms with Crippen LogP contribution in [0.2, 0.25) is 0 Å². The molecular weight excluding hydrogens is 272 g/mol. The second kappa shape index (κ2) is 9.66. The first-order valence-corrected chi connectivity index (χ1v) is 8.64. The third-order valence-electron chi connectivity index (χ3n) is 4.65. The maximum absolute atomic E-state index is 11.0. The number of carboxylic acids is 1. The van der Waals surface area contributed by atoms with E-state index in [1.165, 1.54) is 17.6 Å². The van der Waals surface area contributed by atoms with Crippen molar-refractivity contribution in [1.29, 1.82) is 0 Å². The molecule has 0 amide bonds. The molecule has 0 bridgehead atoms. The molecule has 1 saturated carbocycles. The molecule has 1 aliphatic rings. The highest BCUT2D eigenvalue weighted by molar-refractivity contribution is 5.70. The summed E-state index contributed by atoms with van der Waals surface area (Å²) in [6.07, 6.45) is 14.9. The highest BCUT2D eigenvalue weighted by Crippen LogP contribution is 2.33. The molecule has 0 aliphatic heterocycles. The minimum Gasteiger partial charge on any atom is -0.481 e. The summed E-state index contributed by atoms with van der Waals surface area (Å²) < 4.78 is 0. The molecule has 2 nitrogen and oxygen atoms in total. The molecule has 0 aromatic heterocycles. The molecule has 1 aliphatic carbocycles. The molecule has 0 saturated heterocycles. The van der Waals surface area contributed by atoms with Crippen molar-refractivity contribution in [3.8, 4) is 0 Å². The second-order valence-corrected chi connectivity index (χ2v) is 7.08. The van der Waals surface area contributed by atoms with E-state index < -0.39 is 5.97 Å². The monoisotopic (exact) mass is 304 g/mol. The predicted octanol–water partition coefficient (Wildman–Crippen LogP) is 5.76. The third-order valence-corrected chi connectivity index (χ3v) is 4.65. The minimum absolute atomic E-state index is 0.120. The van der Waals surface area contributed by atoms with Gasteiger partial charge in [-0.2, -0.15) is 0 Å². The summed E-state index contributed by atoms with van der Waals surface area (Å²) in [6.45, 7) is 8.83. The maximum atomic E-state index is 11.0. The van der Waals surface area contributed by atoms with Gasteiger partial charge in [-0.15, -0.1) is 0 Å². The quantitative estimate of drug-likeness (QED) is 0.607. The molecule has 0 aromatic rings. The van der Waals surface area contributed by atoms with Gasteiger partial charge in [0.15, 0.2) is 0 Å². The topological polar surface area (TPSA) is 37.3 Å². The fourth-order valence-corrected chi connectivity index (χ4v) is 3.00. The van der Waals surface area contributed by atoms with E-state index in [1.54, 1.807) is 0 Å². The summed E-state index contributed by atoms with van der Waals surface area (Å²) in [5, 5.41) is 9.04. The van der Waals surface area contributed by atoms with Gasteiger partial charge in [0.25, 0.3) is 0 Å². The second-order valence-electron chi connectivity index (χ2n) is 7.08. The van der Waals surface area contributed by atoms with Gasteiger partial charge in [-0.3, -0.25) is 4.79 Å². The van der Waals surface area contributed by atoms with E-state index >= 15 is 0 Å². The van der Waals surface area contributed by atoms with Crippen molar-refractivity contribution in [3.05, 3.63) is 35.5 Å². The van der Waals surface area contributed by atoms with Crippen LogP contribution >= 0.6 is 0 Å². The van der Waals surface area contributed by atoms with Crippen molar-refractivity contribution in [1.82, 2.24) is 0 Å². The van der Waals surface area contributed by atoms with Crippen molar-refractivity contribution in [2.24, 2.45) is 17.8 Å². The molecule has 2 heteroatoms. The Morgan fingerprint density at radius 3 is 2.27 bits per heavy atom. The van der Waals surface area contributed by atoms with Gasteiger partial charge in [-0.25, -0.2) is 0 Å². The van der Waals surface area contributed by atoms with Gasteiger partial charge in [0.1, 0.15) is 0 Å². The van der Waals surface area contributed by atoms with E-state index in [0.717, 1.165) is 38.0 Å². The highest BCUT2D eigenvalue weighted by atomic mass is 16.4. The Morgan fingerprint density at radius 2 is 1.73 bits per heavy atom. The van der Waals surface area contributed by atoms with E-state index in [9.17, 15) is 4.79 Å². The molecule has 0 spiro atoms. The van der Waals surface area contributed by atoms with Crippen LogP contribution in [0.5, 0.6) is 0 Å². The first-order valence-electron chi connectivity index (χ1n) is 8.64. The fourth-order valence-electron chi connectivity index (χ4n) is 3.00. The van der Waals surface area contributed by atoms with Crippen molar-refractivity contribution in [2.45, 2.75) is 66.2 Å². The number of allylic oxidation sites excluding steroid dienone is 6. The van der Waals surface area contributed by atoms with Crippen molar-refractivity contribution in [2.75, 3.05) is 0 Å². The Kier molecular flexibility index (Phi) is 8.22. The van der Waals surface area contributed by atoms with Crippen LogP contribution in [0.4, 0.5) is 0 Å². The van der Waals surface area contributed by atoms with Crippen molar-refractivity contribution >= 4 is 5.97 Å². The summed E-state index contributed by atoms with van der Waals surface area (Å²) in [6, 6.07) is 0. The lowest BCUT2D eigenvalue weighted by molar-refractivity contribution is -0.143. The average Bonchev–Trinajstić information content (AvgIpc) is 2.46. The van der Waals surface area contributed by atoms with Gasteiger partial charge in [0, 0.05) is 0 Å². The van der Waals surface area contributed by atoms with Crippen LogP contribution in [0.1, 0.15) is 66.2 Å². The first kappa shape index (κ1) is 18.7. The first-order chi connectivity index (χ1) is 10.4. The number of carboxylic acid groups (broad SMARTS) is 1. The molecule has 124 valence electrons. The molecule has 0 unspecified atom stereocenters. The fraction of sp³-hybridized carbons (Fsp3) is 0.650. The molecule has 1 N–H and O–H groups in total. The number of hydrogen-bond donors (Lipinski definition) is 1.